The summed E-state index contributed by atoms with van der Waals surface area (Å²) in [6.45, 7) is 2.47. The molecule has 2 N–H and O–H groups in total. The van der Waals surface area contributed by atoms with Gasteiger partial charge in [0.1, 0.15) is 11.9 Å². The van der Waals surface area contributed by atoms with Gasteiger partial charge in [-0.2, -0.15) is 0 Å². The lowest BCUT2D eigenvalue weighted by molar-refractivity contribution is 0.0926. The summed E-state index contributed by atoms with van der Waals surface area (Å²) in [6.07, 6.45) is 1.71. The summed E-state index contributed by atoms with van der Waals surface area (Å²) in [7, 11) is 1.65. The van der Waals surface area contributed by atoms with Crippen LogP contribution in [-0.4, -0.2) is 24.8 Å². The zero-order valence-corrected chi connectivity index (χ0v) is 10.0. The first-order chi connectivity index (χ1) is 8.22. The Labute approximate surface area is 100 Å². The molecule has 0 spiro atoms. The summed E-state index contributed by atoms with van der Waals surface area (Å²) in [5.74, 6) is 0.676. The molecule has 0 saturated carbocycles. The molecule has 2 aromatic rings. The highest BCUT2D eigenvalue weighted by atomic mass is 16.5. The van der Waals surface area contributed by atoms with Crippen LogP contribution in [0.25, 0.3) is 10.9 Å². The number of nitrogen functional groups attached to an aromatic ring is 1. The Morgan fingerprint density at radius 2 is 2.18 bits per heavy atom. The van der Waals surface area contributed by atoms with E-state index in [1.807, 2.05) is 31.2 Å². The van der Waals surface area contributed by atoms with Crippen LogP contribution < -0.4 is 10.5 Å². The van der Waals surface area contributed by atoms with Crippen molar-refractivity contribution in [3.8, 4) is 5.75 Å². The number of hydrogen-bond donors (Lipinski definition) is 1. The van der Waals surface area contributed by atoms with Crippen molar-refractivity contribution in [2.24, 2.45) is 0 Å². The van der Waals surface area contributed by atoms with Gasteiger partial charge in [0.15, 0.2) is 0 Å². The Balaban J connectivity index is 2.32. The highest BCUT2D eigenvalue weighted by molar-refractivity contribution is 5.93. The lowest BCUT2D eigenvalue weighted by atomic mass is 10.1. The molecule has 1 atom stereocenters. The number of rotatable bonds is 4. The Kier molecular flexibility index (Phi) is 3.44. The maximum absolute atomic E-state index is 6.06. The van der Waals surface area contributed by atoms with Crippen molar-refractivity contribution in [1.82, 2.24) is 4.98 Å². The third kappa shape index (κ3) is 2.47. The first-order valence-corrected chi connectivity index (χ1v) is 5.51. The topological polar surface area (TPSA) is 57.4 Å². The molecule has 0 saturated heterocycles. The normalized spacial score (nSPS) is 12.6. The first kappa shape index (κ1) is 11.7. The molecule has 0 aliphatic carbocycles. The minimum atomic E-state index is -0.0311. The van der Waals surface area contributed by atoms with Crippen LogP contribution in [0.2, 0.25) is 0 Å². The van der Waals surface area contributed by atoms with Gasteiger partial charge in [-0.1, -0.05) is 0 Å². The Morgan fingerprint density at radius 3 is 2.94 bits per heavy atom. The van der Waals surface area contributed by atoms with Crippen molar-refractivity contribution in [2.75, 3.05) is 19.5 Å². The fourth-order valence-electron chi connectivity index (χ4n) is 1.74. The van der Waals surface area contributed by atoms with E-state index in [-0.39, 0.29) is 6.10 Å². The van der Waals surface area contributed by atoms with E-state index in [0.717, 1.165) is 10.9 Å². The molecular weight excluding hydrogens is 216 g/mol. The van der Waals surface area contributed by atoms with Crippen LogP contribution in [0.4, 0.5) is 5.69 Å². The smallest absolute Gasteiger partial charge is 0.143 e. The van der Waals surface area contributed by atoms with Gasteiger partial charge in [0, 0.05) is 18.7 Å². The third-order valence-corrected chi connectivity index (χ3v) is 2.52. The van der Waals surface area contributed by atoms with Crippen LogP contribution in [0.3, 0.4) is 0 Å². The number of benzene rings is 1. The maximum Gasteiger partial charge on any atom is 0.143 e. The van der Waals surface area contributed by atoms with Crippen LogP contribution in [0, 0.1) is 0 Å². The second-order valence-electron chi connectivity index (χ2n) is 3.93. The molecule has 0 bridgehead atoms. The molecule has 4 heteroatoms. The van der Waals surface area contributed by atoms with Gasteiger partial charge in [-0.25, -0.2) is 0 Å². The highest BCUT2D eigenvalue weighted by Crippen LogP contribution is 2.29. The van der Waals surface area contributed by atoms with Crippen LogP contribution in [0.5, 0.6) is 5.75 Å². The second kappa shape index (κ2) is 5.01. The third-order valence-electron chi connectivity index (χ3n) is 2.52. The fraction of sp³-hybridized carbons (Fsp3) is 0.308. The Morgan fingerprint density at radius 1 is 1.35 bits per heavy atom. The first-order valence-electron chi connectivity index (χ1n) is 5.51. The van der Waals surface area contributed by atoms with Gasteiger partial charge in [0.05, 0.1) is 17.8 Å². The number of ether oxygens (including phenoxy) is 2. The van der Waals surface area contributed by atoms with Crippen LogP contribution in [0.1, 0.15) is 6.92 Å². The molecule has 1 unspecified atom stereocenters. The van der Waals surface area contributed by atoms with Crippen LogP contribution in [-0.2, 0) is 4.74 Å². The Hall–Kier alpha value is -1.81. The van der Waals surface area contributed by atoms with E-state index in [0.29, 0.717) is 18.0 Å². The summed E-state index contributed by atoms with van der Waals surface area (Å²) < 4.78 is 10.7. The number of hydrogen-bond acceptors (Lipinski definition) is 4. The minimum Gasteiger partial charge on any atom is -0.486 e. The van der Waals surface area contributed by atoms with Crippen molar-refractivity contribution in [3.05, 3.63) is 30.5 Å². The molecule has 1 aromatic carbocycles. The van der Waals surface area contributed by atoms with Gasteiger partial charge in [-0.15, -0.1) is 0 Å². The molecule has 0 fully saturated rings. The van der Waals surface area contributed by atoms with Crippen molar-refractivity contribution >= 4 is 16.6 Å². The largest absolute Gasteiger partial charge is 0.486 e. The van der Waals surface area contributed by atoms with Gasteiger partial charge in [0.2, 0.25) is 0 Å². The monoisotopic (exact) mass is 232 g/mol. The fourth-order valence-corrected chi connectivity index (χ4v) is 1.74. The second-order valence-corrected chi connectivity index (χ2v) is 3.93. The molecule has 0 amide bonds. The van der Waals surface area contributed by atoms with Crippen molar-refractivity contribution in [1.29, 1.82) is 0 Å². The predicted molar refractivity (Wildman–Crippen MR) is 68.1 cm³/mol. The molecule has 2 rings (SSSR count). The zero-order valence-electron chi connectivity index (χ0n) is 10.0. The van der Waals surface area contributed by atoms with Gasteiger partial charge < -0.3 is 15.2 Å². The van der Waals surface area contributed by atoms with E-state index in [9.17, 15) is 0 Å². The summed E-state index contributed by atoms with van der Waals surface area (Å²) in [6, 6.07) is 7.55. The van der Waals surface area contributed by atoms with Crippen molar-refractivity contribution in [2.45, 2.75) is 13.0 Å². The molecule has 90 valence electrons. The Bertz CT molecular complexity index is 514. The summed E-state index contributed by atoms with van der Waals surface area (Å²) in [5, 5.41) is 0.912. The van der Waals surface area contributed by atoms with Gasteiger partial charge in [0.25, 0.3) is 0 Å². The molecule has 0 radical (unpaired) electrons. The number of pyridine rings is 1. The molecule has 0 aliphatic heterocycles. The lowest BCUT2D eigenvalue weighted by Crippen LogP contribution is -2.18. The number of fused-ring (bicyclic) bond motifs is 1. The molecule has 4 nitrogen and oxygen atoms in total. The van der Waals surface area contributed by atoms with Gasteiger partial charge in [-0.3, -0.25) is 4.98 Å². The average Bonchev–Trinajstić information content (AvgIpc) is 2.33. The standard InChI is InChI=1S/C13H16N2O2/c1-9(8-16-2)17-12-6-5-11-10(13(12)14)4-3-7-15-11/h3-7,9H,8,14H2,1-2H3. The lowest BCUT2D eigenvalue weighted by Gasteiger charge is -2.16. The van der Waals surface area contributed by atoms with E-state index in [2.05, 4.69) is 4.98 Å². The van der Waals surface area contributed by atoms with Crippen molar-refractivity contribution < 1.29 is 9.47 Å². The van der Waals surface area contributed by atoms with Crippen molar-refractivity contribution in [3.63, 3.8) is 0 Å². The SMILES string of the molecule is COCC(C)Oc1ccc2ncccc2c1N. The quantitative estimate of drug-likeness (QED) is 0.821. The number of nitrogens with two attached hydrogens (primary N) is 1. The van der Waals surface area contributed by atoms with Gasteiger partial charge >= 0.3 is 0 Å². The number of methoxy groups -OCH3 is 1. The van der Waals surface area contributed by atoms with E-state index >= 15 is 0 Å². The molecule has 17 heavy (non-hydrogen) atoms. The average molecular weight is 232 g/mol. The molecule has 1 aromatic heterocycles. The summed E-state index contributed by atoms with van der Waals surface area (Å²) >= 11 is 0. The molecule has 1 heterocycles. The number of anilines is 1. The minimum absolute atomic E-state index is 0.0311. The number of aromatic nitrogens is 1. The van der Waals surface area contributed by atoms with E-state index in [1.165, 1.54) is 0 Å². The highest BCUT2D eigenvalue weighted by Gasteiger charge is 2.09. The van der Waals surface area contributed by atoms with E-state index in [1.54, 1.807) is 13.3 Å². The summed E-state index contributed by atoms with van der Waals surface area (Å²) in [5.41, 5.74) is 7.55. The van der Waals surface area contributed by atoms with Gasteiger partial charge in [-0.05, 0) is 31.2 Å². The molecular formula is C13H16N2O2. The van der Waals surface area contributed by atoms with E-state index < -0.39 is 0 Å². The van der Waals surface area contributed by atoms with Crippen LogP contribution >= 0.6 is 0 Å². The van der Waals surface area contributed by atoms with E-state index in [4.69, 9.17) is 15.2 Å². The molecule has 0 aliphatic rings. The maximum atomic E-state index is 6.06. The summed E-state index contributed by atoms with van der Waals surface area (Å²) in [4.78, 5) is 4.24. The number of nitrogens with zero attached hydrogens (tertiary/aromatic N) is 1. The predicted octanol–water partition coefficient (Wildman–Crippen LogP) is 2.23. The zero-order chi connectivity index (χ0) is 12.3. The van der Waals surface area contributed by atoms with Crippen LogP contribution in [0.15, 0.2) is 30.5 Å².